The van der Waals surface area contributed by atoms with Crippen LogP contribution in [0.3, 0.4) is 0 Å². The number of anilines is 1. The number of hydrogen-bond donors (Lipinski definition) is 1. The Morgan fingerprint density at radius 3 is 2.58 bits per heavy atom. The molecule has 1 N–H and O–H groups in total. The van der Waals surface area contributed by atoms with E-state index in [0.29, 0.717) is 6.42 Å². The Hall–Kier alpha value is -2.93. The van der Waals surface area contributed by atoms with Crippen molar-refractivity contribution >= 4 is 34.8 Å². The molecule has 1 saturated heterocycles. The maximum Gasteiger partial charge on any atom is 0.283 e. The molecule has 1 aliphatic rings. The molecule has 0 radical (unpaired) electrons. The van der Waals surface area contributed by atoms with E-state index in [1.165, 1.54) is 12.1 Å². The Labute approximate surface area is 154 Å². The maximum absolute atomic E-state index is 12.3. The molecule has 3 rings (SSSR count). The standard InChI is InChI=1S/C18H16ClN3O4/c19-13-5-8-15(16(10-13)22(25)26)18(24)20-11-12-3-6-14(7-4-12)21-9-1-2-17(21)23/h3-8,10H,1-2,9,11H2,(H,20,24). The zero-order valence-corrected chi connectivity index (χ0v) is 14.5. The minimum atomic E-state index is -0.636. The molecule has 7 nitrogen and oxygen atoms in total. The molecule has 0 bridgehead atoms. The second-order valence-corrected chi connectivity index (χ2v) is 6.35. The quantitative estimate of drug-likeness (QED) is 0.642. The van der Waals surface area contributed by atoms with Gasteiger partial charge in [0, 0.05) is 36.3 Å². The van der Waals surface area contributed by atoms with Gasteiger partial charge in [-0.25, -0.2) is 0 Å². The van der Waals surface area contributed by atoms with Crippen molar-refractivity contribution in [3.8, 4) is 0 Å². The van der Waals surface area contributed by atoms with Gasteiger partial charge in [-0.05, 0) is 36.2 Å². The summed E-state index contributed by atoms with van der Waals surface area (Å²) in [4.78, 5) is 36.2. The first-order valence-electron chi connectivity index (χ1n) is 8.07. The molecule has 2 amide bonds. The first kappa shape index (κ1) is 17.9. The predicted molar refractivity (Wildman–Crippen MR) is 97.3 cm³/mol. The Balaban J connectivity index is 1.67. The van der Waals surface area contributed by atoms with Crippen molar-refractivity contribution in [1.29, 1.82) is 0 Å². The van der Waals surface area contributed by atoms with Gasteiger partial charge in [-0.2, -0.15) is 0 Å². The lowest BCUT2D eigenvalue weighted by Crippen LogP contribution is -2.24. The molecule has 0 aromatic heterocycles. The van der Waals surface area contributed by atoms with Crippen LogP contribution < -0.4 is 10.2 Å². The van der Waals surface area contributed by atoms with Crippen molar-refractivity contribution in [3.05, 3.63) is 68.7 Å². The van der Waals surface area contributed by atoms with E-state index in [2.05, 4.69) is 5.32 Å². The van der Waals surface area contributed by atoms with Crippen LogP contribution in [0.4, 0.5) is 11.4 Å². The van der Waals surface area contributed by atoms with Gasteiger partial charge >= 0.3 is 0 Å². The van der Waals surface area contributed by atoms with Crippen molar-refractivity contribution in [3.63, 3.8) is 0 Å². The van der Waals surface area contributed by atoms with Crippen LogP contribution >= 0.6 is 11.6 Å². The van der Waals surface area contributed by atoms with Gasteiger partial charge in [-0.1, -0.05) is 23.7 Å². The lowest BCUT2D eigenvalue weighted by Gasteiger charge is -2.16. The summed E-state index contributed by atoms with van der Waals surface area (Å²) in [5, 5.41) is 13.9. The number of nitrogens with zero attached hydrogens (tertiary/aromatic N) is 2. The fourth-order valence-electron chi connectivity index (χ4n) is 2.84. The largest absolute Gasteiger partial charge is 0.348 e. The zero-order valence-electron chi connectivity index (χ0n) is 13.8. The molecule has 8 heteroatoms. The second-order valence-electron chi connectivity index (χ2n) is 5.92. The summed E-state index contributed by atoms with van der Waals surface area (Å²) in [6.45, 7) is 0.933. The molecule has 0 aliphatic carbocycles. The molecule has 0 unspecified atom stereocenters. The maximum atomic E-state index is 12.3. The summed E-state index contributed by atoms with van der Waals surface area (Å²) in [7, 11) is 0. The number of nitrogens with one attached hydrogen (secondary N) is 1. The molecule has 2 aromatic carbocycles. The molecule has 0 atom stereocenters. The Bertz CT molecular complexity index is 867. The number of amides is 2. The topological polar surface area (TPSA) is 92.6 Å². The van der Waals surface area contributed by atoms with E-state index >= 15 is 0 Å². The van der Waals surface area contributed by atoms with E-state index < -0.39 is 10.8 Å². The average Bonchev–Trinajstić information content (AvgIpc) is 3.06. The Morgan fingerprint density at radius 1 is 1.23 bits per heavy atom. The molecule has 0 saturated carbocycles. The highest BCUT2D eigenvalue weighted by molar-refractivity contribution is 6.31. The van der Waals surface area contributed by atoms with Crippen molar-refractivity contribution < 1.29 is 14.5 Å². The fourth-order valence-corrected chi connectivity index (χ4v) is 3.01. The van der Waals surface area contributed by atoms with Crippen LogP contribution in [0.2, 0.25) is 5.02 Å². The van der Waals surface area contributed by atoms with Gasteiger partial charge in [0.15, 0.2) is 0 Å². The van der Waals surface area contributed by atoms with Crippen molar-refractivity contribution in [1.82, 2.24) is 5.32 Å². The van der Waals surface area contributed by atoms with Gasteiger partial charge in [-0.15, -0.1) is 0 Å². The first-order valence-corrected chi connectivity index (χ1v) is 8.45. The highest BCUT2D eigenvalue weighted by Crippen LogP contribution is 2.24. The third-order valence-electron chi connectivity index (χ3n) is 4.18. The molecule has 134 valence electrons. The monoisotopic (exact) mass is 373 g/mol. The summed E-state index contributed by atoms with van der Waals surface area (Å²) in [5.41, 5.74) is 1.28. The minimum absolute atomic E-state index is 0.0429. The average molecular weight is 374 g/mol. The predicted octanol–water partition coefficient (Wildman–Crippen LogP) is 3.31. The van der Waals surface area contributed by atoms with Crippen LogP contribution in [0, 0.1) is 10.1 Å². The van der Waals surface area contributed by atoms with E-state index in [4.69, 9.17) is 11.6 Å². The van der Waals surface area contributed by atoms with Crippen molar-refractivity contribution in [2.45, 2.75) is 19.4 Å². The molecule has 26 heavy (non-hydrogen) atoms. The number of carbonyl (C=O) groups excluding carboxylic acids is 2. The summed E-state index contributed by atoms with van der Waals surface area (Å²) in [6, 6.07) is 11.2. The van der Waals surface area contributed by atoms with Gasteiger partial charge in [0.25, 0.3) is 11.6 Å². The zero-order chi connectivity index (χ0) is 18.7. The molecule has 1 heterocycles. The number of carbonyl (C=O) groups is 2. The van der Waals surface area contributed by atoms with Crippen molar-refractivity contribution in [2.24, 2.45) is 0 Å². The number of nitro groups is 1. The van der Waals surface area contributed by atoms with E-state index in [-0.39, 0.29) is 28.7 Å². The number of nitro benzene ring substituents is 1. The molecule has 1 fully saturated rings. The van der Waals surface area contributed by atoms with Crippen LogP contribution in [0.25, 0.3) is 0 Å². The van der Waals surface area contributed by atoms with Crippen LogP contribution in [-0.2, 0) is 11.3 Å². The summed E-state index contributed by atoms with van der Waals surface area (Å²) < 4.78 is 0. The van der Waals surface area contributed by atoms with E-state index in [0.717, 1.165) is 30.3 Å². The van der Waals surface area contributed by atoms with Gasteiger partial charge in [0.05, 0.1) is 4.92 Å². The minimum Gasteiger partial charge on any atom is -0.348 e. The molecule has 2 aromatic rings. The number of rotatable bonds is 5. The van der Waals surface area contributed by atoms with E-state index in [1.54, 1.807) is 4.90 Å². The number of halogens is 1. The van der Waals surface area contributed by atoms with Crippen LogP contribution in [0.5, 0.6) is 0 Å². The Morgan fingerprint density at radius 2 is 1.96 bits per heavy atom. The normalized spacial score (nSPS) is 13.7. The Kier molecular flexibility index (Phi) is 5.18. The van der Waals surface area contributed by atoms with Crippen LogP contribution in [0.1, 0.15) is 28.8 Å². The van der Waals surface area contributed by atoms with Gasteiger partial charge < -0.3 is 10.2 Å². The summed E-state index contributed by atoms with van der Waals surface area (Å²) in [6.07, 6.45) is 1.42. The molecular formula is C18H16ClN3O4. The third-order valence-corrected chi connectivity index (χ3v) is 4.41. The lowest BCUT2D eigenvalue weighted by molar-refractivity contribution is -0.385. The highest BCUT2D eigenvalue weighted by atomic mass is 35.5. The lowest BCUT2D eigenvalue weighted by atomic mass is 10.1. The molecule has 0 spiro atoms. The van der Waals surface area contributed by atoms with E-state index in [1.807, 2.05) is 24.3 Å². The fraction of sp³-hybridized carbons (Fsp3) is 0.222. The van der Waals surface area contributed by atoms with E-state index in [9.17, 15) is 19.7 Å². The van der Waals surface area contributed by atoms with Crippen LogP contribution in [0.15, 0.2) is 42.5 Å². The van der Waals surface area contributed by atoms with Gasteiger partial charge in [-0.3, -0.25) is 19.7 Å². The SMILES string of the molecule is O=C(NCc1ccc(N2CCCC2=O)cc1)c1ccc(Cl)cc1[N+](=O)[O-]. The molecular weight excluding hydrogens is 358 g/mol. The number of hydrogen-bond acceptors (Lipinski definition) is 4. The number of benzene rings is 2. The smallest absolute Gasteiger partial charge is 0.283 e. The molecule has 1 aliphatic heterocycles. The third kappa shape index (κ3) is 3.83. The van der Waals surface area contributed by atoms with Crippen LogP contribution in [-0.4, -0.2) is 23.3 Å². The van der Waals surface area contributed by atoms with Gasteiger partial charge in [0.2, 0.25) is 5.91 Å². The van der Waals surface area contributed by atoms with Crippen molar-refractivity contribution in [2.75, 3.05) is 11.4 Å². The summed E-state index contributed by atoms with van der Waals surface area (Å²) >= 11 is 5.75. The van der Waals surface area contributed by atoms with Gasteiger partial charge in [0.1, 0.15) is 5.56 Å². The highest BCUT2D eigenvalue weighted by Gasteiger charge is 2.22. The summed E-state index contributed by atoms with van der Waals surface area (Å²) in [5.74, 6) is -0.437. The second kappa shape index (κ2) is 7.53. The first-order chi connectivity index (χ1) is 12.5.